The number of sulfonamides is 1. The van der Waals surface area contributed by atoms with Crippen LogP contribution in [0.5, 0.6) is 5.75 Å². The molecule has 0 bridgehead atoms. The minimum absolute atomic E-state index is 0.192. The second-order valence-corrected chi connectivity index (χ2v) is 7.61. The maximum atomic E-state index is 13.2. The Morgan fingerprint density at radius 2 is 1.88 bits per heavy atom. The fraction of sp³-hybridized carbons (Fsp3) is 0.250. The Morgan fingerprint density at radius 1 is 1.16 bits per heavy atom. The van der Waals surface area contributed by atoms with Crippen LogP contribution in [-0.4, -0.2) is 15.0 Å². The monoisotopic (exact) mass is 391 g/mol. The van der Waals surface area contributed by atoms with Crippen molar-refractivity contribution < 1.29 is 26.3 Å². The summed E-state index contributed by atoms with van der Waals surface area (Å²) in [6.07, 6.45) is -4.53. The zero-order valence-corrected chi connectivity index (χ0v) is 14.3. The van der Waals surface area contributed by atoms with E-state index < -0.39 is 32.7 Å². The molecule has 1 aliphatic heterocycles. The summed E-state index contributed by atoms with van der Waals surface area (Å²) in [4.78, 5) is -0.853. The van der Waals surface area contributed by atoms with E-state index in [-0.39, 0.29) is 11.6 Å². The highest BCUT2D eigenvalue weighted by Crippen LogP contribution is 2.37. The number of rotatable bonds is 3. The van der Waals surface area contributed by atoms with Gasteiger partial charge in [0.1, 0.15) is 5.75 Å². The standard InChI is InChI=1S/C16H13ClF3NO3S/c17-10-5-6-15(12(9-10)16(18,19)20)25(22,23)21-13-7-8-24-14-4-2-1-3-11(13)14/h1-6,9,13,21H,7-8H2. The third kappa shape index (κ3) is 3.75. The van der Waals surface area contributed by atoms with Crippen molar-refractivity contribution in [3.63, 3.8) is 0 Å². The molecule has 9 heteroatoms. The summed E-state index contributed by atoms with van der Waals surface area (Å²) in [6, 6.07) is 8.70. The molecule has 134 valence electrons. The molecule has 2 aromatic carbocycles. The van der Waals surface area contributed by atoms with Gasteiger partial charge in [-0.15, -0.1) is 0 Å². The van der Waals surface area contributed by atoms with E-state index in [0.717, 1.165) is 12.1 Å². The second-order valence-electron chi connectivity index (χ2n) is 5.49. The number of nitrogens with one attached hydrogen (secondary N) is 1. The van der Waals surface area contributed by atoms with Gasteiger partial charge in [0.25, 0.3) is 0 Å². The predicted octanol–water partition coefficient (Wildman–Crippen LogP) is 4.16. The lowest BCUT2D eigenvalue weighted by Gasteiger charge is -2.27. The molecule has 0 fully saturated rings. The average Bonchev–Trinajstić information content (AvgIpc) is 2.54. The molecule has 0 aromatic heterocycles. The molecule has 3 rings (SSSR count). The van der Waals surface area contributed by atoms with E-state index >= 15 is 0 Å². The van der Waals surface area contributed by atoms with Crippen molar-refractivity contribution in [2.75, 3.05) is 6.61 Å². The SMILES string of the molecule is O=S(=O)(NC1CCOc2ccccc21)c1ccc(Cl)cc1C(F)(F)F. The molecule has 0 saturated heterocycles. The Morgan fingerprint density at radius 3 is 2.60 bits per heavy atom. The van der Waals surface area contributed by atoms with E-state index in [1.807, 2.05) is 0 Å². The topological polar surface area (TPSA) is 55.4 Å². The fourth-order valence-electron chi connectivity index (χ4n) is 2.67. The van der Waals surface area contributed by atoms with E-state index in [0.29, 0.717) is 23.8 Å². The molecule has 0 aliphatic carbocycles. The quantitative estimate of drug-likeness (QED) is 0.854. The number of hydrogen-bond acceptors (Lipinski definition) is 3. The van der Waals surface area contributed by atoms with Crippen LogP contribution in [-0.2, 0) is 16.2 Å². The maximum absolute atomic E-state index is 13.2. The average molecular weight is 392 g/mol. The van der Waals surface area contributed by atoms with Crippen LogP contribution in [0.1, 0.15) is 23.6 Å². The Balaban J connectivity index is 2.00. The molecule has 1 N–H and O–H groups in total. The lowest BCUT2D eigenvalue weighted by molar-refractivity contribution is -0.139. The summed E-state index contributed by atoms with van der Waals surface area (Å²) in [6.45, 7) is 0.261. The molecule has 2 aromatic rings. The molecule has 1 heterocycles. The number of ether oxygens (including phenoxy) is 1. The highest BCUT2D eigenvalue weighted by Gasteiger charge is 2.38. The molecule has 25 heavy (non-hydrogen) atoms. The first-order valence-electron chi connectivity index (χ1n) is 7.29. The summed E-state index contributed by atoms with van der Waals surface area (Å²) in [5.41, 5.74) is -0.715. The van der Waals surface area contributed by atoms with Crippen molar-refractivity contribution in [1.82, 2.24) is 4.72 Å². The minimum Gasteiger partial charge on any atom is -0.493 e. The molecule has 4 nitrogen and oxygen atoms in total. The zero-order chi connectivity index (χ0) is 18.2. The van der Waals surface area contributed by atoms with Gasteiger partial charge in [-0.25, -0.2) is 13.1 Å². The van der Waals surface area contributed by atoms with Crippen LogP contribution in [0.3, 0.4) is 0 Å². The normalized spacial score (nSPS) is 17.7. The fourth-order valence-corrected chi connectivity index (χ4v) is 4.30. The molecule has 1 atom stereocenters. The largest absolute Gasteiger partial charge is 0.493 e. The molecular formula is C16H13ClF3NO3S. The summed E-state index contributed by atoms with van der Waals surface area (Å²) < 4.78 is 72.6. The Bertz CT molecular complexity index is 900. The lowest BCUT2D eigenvalue weighted by Crippen LogP contribution is -2.33. The van der Waals surface area contributed by atoms with E-state index in [1.165, 1.54) is 0 Å². The van der Waals surface area contributed by atoms with Crippen LogP contribution >= 0.6 is 11.6 Å². The minimum atomic E-state index is -4.84. The van der Waals surface area contributed by atoms with Crippen LogP contribution in [0.15, 0.2) is 47.4 Å². The molecule has 1 unspecified atom stereocenters. The van der Waals surface area contributed by atoms with Gasteiger partial charge in [0, 0.05) is 17.0 Å². The summed E-state index contributed by atoms with van der Waals surface area (Å²) in [5.74, 6) is 0.508. The summed E-state index contributed by atoms with van der Waals surface area (Å²) >= 11 is 5.60. The number of para-hydroxylation sites is 1. The first kappa shape index (κ1) is 18.0. The van der Waals surface area contributed by atoms with Crippen molar-refractivity contribution in [1.29, 1.82) is 0 Å². The first-order chi connectivity index (χ1) is 11.7. The zero-order valence-electron chi connectivity index (χ0n) is 12.7. The predicted molar refractivity (Wildman–Crippen MR) is 86.1 cm³/mol. The van der Waals surface area contributed by atoms with Crippen molar-refractivity contribution in [2.45, 2.75) is 23.5 Å². The maximum Gasteiger partial charge on any atom is 0.417 e. The number of alkyl halides is 3. The van der Waals surface area contributed by atoms with E-state index in [2.05, 4.69) is 4.72 Å². The molecular weight excluding hydrogens is 379 g/mol. The molecule has 0 saturated carbocycles. The third-order valence-electron chi connectivity index (χ3n) is 3.79. The van der Waals surface area contributed by atoms with Gasteiger partial charge in [0.2, 0.25) is 10.0 Å². The lowest BCUT2D eigenvalue weighted by atomic mass is 10.0. The Hall–Kier alpha value is -1.77. The summed E-state index contributed by atoms with van der Waals surface area (Å²) in [7, 11) is -4.42. The summed E-state index contributed by atoms with van der Waals surface area (Å²) in [5, 5.41) is -0.192. The second kappa shape index (κ2) is 6.51. The van der Waals surface area contributed by atoms with Crippen molar-refractivity contribution in [3.8, 4) is 5.75 Å². The van der Waals surface area contributed by atoms with Gasteiger partial charge in [-0.1, -0.05) is 29.8 Å². The third-order valence-corrected chi connectivity index (χ3v) is 5.56. The molecule has 1 aliphatic rings. The van der Waals surface area contributed by atoms with Gasteiger partial charge in [-0.2, -0.15) is 13.2 Å². The smallest absolute Gasteiger partial charge is 0.417 e. The van der Waals surface area contributed by atoms with Gasteiger partial charge in [-0.3, -0.25) is 0 Å². The Kier molecular flexibility index (Phi) is 4.70. The van der Waals surface area contributed by atoms with Crippen LogP contribution in [0, 0.1) is 0 Å². The van der Waals surface area contributed by atoms with Gasteiger partial charge in [0.05, 0.1) is 23.1 Å². The van der Waals surface area contributed by atoms with Gasteiger partial charge >= 0.3 is 6.18 Å². The van der Waals surface area contributed by atoms with Crippen LogP contribution in [0.4, 0.5) is 13.2 Å². The molecule has 0 radical (unpaired) electrons. The van der Waals surface area contributed by atoms with Gasteiger partial charge in [-0.05, 0) is 24.3 Å². The van der Waals surface area contributed by atoms with Crippen molar-refractivity contribution >= 4 is 21.6 Å². The van der Waals surface area contributed by atoms with E-state index in [9.17, 15) is 21.6 Å². The number of fused-ring (bicyclic) bond motifs is 1. The van der Waals surface area contributed by atoms with E-state index in [4.69, 9.17) is 16.3 Å². The first-order valence-corrected chi connectivity index (χ1v) is 9.15. The highest BCUT2D eigenvalue weighted by molar-refractivity contribution is 7.89. The van der Waals surface area contributed by atoms with Crippen molar-refractivity contribution in [3.05, 3.63) is 58.6 Å². The van der Waals surface area contributed by atoms with Crippen LogP contribution < -0.4 is 9.46 Å². The Labute approximate surface area is 147 Å². The van der Waals surface area contributed by atoms with Crippen LogP contribution in [0.25, 0.3) is 0 Å². The number of benzene rings is 2. The van der Waals surface area contributed by atoms with Crippen LogP contribution in [0.2, 0.25) is 5.02 Å². The highest BCUT2D eigenvalue weighted by atomic mass is 35.5. The number of halogens is 4. The molecule has 0 amide bonds. The van der Waals surface area contributed by atoms with E-state index in [1.54, 1.807) is 24.3 Å². The van der Waals surface area contributed by atoms with Gasteiger partial charge in [0.15, 0.2) is 0 Å². The number of hydrogen-bond donors (Lipinski definition) is 1. The van der Waals surface area contributed by atoms with Crippen molar-refractivity contribution in [2.24, 2.45) is 0 Å². The molecule has 0 spiro atoms. The van der Waals surface area contributed by atoms with Gasteiger partial charge < -0.3 is 4.74 Å².